The van der Waals surface area contributed by atoms with E-state index in [1.54, 1.807) is 0 Å². The van der Waals surface area contributed by atoms with Gasteiger partial charge in [-0.25, -0.2) is 0 Å². The SMILES string of the molecule is CCCCC1CN(C(=O)c2cccc3ccccc23)CCN1CC(N)CS. The number of hydrogen-bond donors (Lipinski definition) is 2. The molecule has 2 aromatic carbocycles. The fourth-order valence-corrected chi connectivity index (χ4v) is 4.09. The molecule has 1 aliphatic heterocycles. The first-order valence-corrected chi connectivity index (χ1v) is 10.6. The molecule has 2 unspecified atom stereocenters. The average molecular weight is 386 g/mol. The van der Waals surface area contributed by atoms with Crippen LogP contribution < -0.4 is 5.73 Å². The van der Waals surface area contributed by atoms with Crippen LogP contribution in [-0.2, 0) is 0 Å². The van der Waals surface area contributed by atoms with Crippen molar-refractivity contribution in [2.75, 3.05) is 31.9 Å². The highest BCUT2D eigenvalue weighted by molar-refractivity contribution is 7.80. The molecule has 146 valence electrons. The summed E-state index contributed by atoms with van der Waals surface area (Å²) in [5, 5.41) is 2.15. The van der Waals surface area contributed by atoms with Gasteiger partial charge in [-0.05, 0) is 23.3 Å². The van der Waals surface area contributed by atoms with Gasteiger partial charge in [0.25, 0.3) is 5.91 Å². The Balaban J connectivity index is 1.77. The molecule has 2 aromatic rings. The maximum Gasteiger partial charge on any atom is 0.254 e. The van der Waals surface area contributed by atoms with Crippen LogP contribution in [0.3, 0.4) is 0 Å². The number of fused-ring (bicyclic) bond motifs is 1. The van der Waals surface area contributed by atoms with Crippen molar-refractivity contribution < 1.29 is 4.79 Å². The highest BCUT2D eigenvalue weighted by Crippen LogP contribution is 2.23. The van der Waals surface area contributed by atoms with Crippen molar-refractivity contribution in [1.29, 1.82) is 0 Å². The number of carbonyl (C=O) groups excluding carboxylic acids is 1. The quantitative estimate of drug-likeness (QED) is 0.718. The number of nitrogens with zero attached hydrogens (tertiary/aromatic N) is 2. The molecule has 5 heteroatoms. The fourth-order valence-electron chi connectivity index (χ4n) is 3.97. The van der Waals surface area contributed by atoms with Crippen molar-refractivity contribution in [3.05, 3.63) is 48.0 Å². The van der Waals surface area contributed by atoms with Gasteiger partial charge in [0.1, 0.15) is 0 Å². The van der Waals surface area contributed by atoms with Crippen molar-refractivity contribution in [2.24, 2.45) is 5.73 Å². The van der Waals surface area contributed by atoms with Gasteiger partial charge in [-0.2, -0.15) is 12.6 Å². The summed E-state index contributed by atoms with van der Waals surface area (Å²) in [6.07, 6.45) is 3.45. The van der Waals surface area contributed by atoms with Crippen LogP contribution in [0.15, 0.2) is 42.5 Å². The number of nitrogens with two attached hydrogens (primary N) is 1. The van der Waals surface area contributed by atoms with Crippen LogP contribution in [0.4, 0.5) is 0 Å². The summed E-state index contributed by atoms with van der Waals surface area (Å²) in [5.41, 5.74) is 6.95. The number of carbonyl (C=O) groups is 1. The van der Waals surface area contributed by atoms with E-state index >= 15 is 0 Å². The minimum atomic E-state index is 0.0813. The van der Waals surface area contributed by atoms with Gasteiger partial charge in [-0.1, -0.05) is 56.2 Å². The Morgan fingerprint density at radius 3 is 2.78 bits per heavy atom. The Labute approximate surface area is 168 Å². The van der Waals surface area contributed by atoms with Crippen molar-refractivity contribution >= 4 is 29.3 Å². The monoisotopic (exact) mass is 385 g/mol. The number of thiol groups is 1. The number of hydrogen-bond acceptors (Lipinski definition) is 4. The van der Waals surface area contributed by atoms with E-state index in [2.05, 4.69) is 36.6 Å². The smallest absolute Gasteiger partial charge is 0.254 e. The molecule has 1 amide bonds. The minimum absolute atomic E-state index is 0.0813. The standard InChI is InChI=1S/C22H31N3OS/c1-2-3-9-19-15-25(13-12-24(19)14-18(23)16-27)22(26)21-11-6-8-17-7-4-5-10-20(17)21/h4-8,10-11,18-19,27H,2-3,9,12-16,23H2,1H3. The second kappa shape index (κ2) is 9.58. The van der Waals surface area contributed by atoms with Crippen LogP contribution in [0, 0.1) is 0 Å². The lowest BCUT2D eigenvalue weighted by Crippen LogP contribution is -2.57. The van der Waals surface area contributed by atoms with E-state index in [0.717, 1.165) is 48.9 Å². The summed E-state index contributed by atoms with van der Waals surface area (Å²) in [7, 11) is 0. The van der Waals surface area contributed by atoms with Crippen molar-refractivity contribution in [1.82, 2.24) is 9.80 Å². The topological polar surface area (TPSA) is 49.6 Å². The van der Waals surface area contributed by atoms with E-state index in [-0.39, 0.29) is 11.9 Å². The van der Waals surface area contributed by atoms with Crippen molar-refractivity contribution in [2.45, 2.75) is 38.3 Å². The number of amides is 1. The zero-order valence-electron chi connectivity index (χ0n) is 16.2. The van der Waals surface area contributed by atoms with E-state index in [9.17, 15) is 4.79 Å². The zero-order valence-corrected chi connectivity index (χ0v) is 17.1. The van der Waals surface area contributed by atoms with Gasteiger partial charge < -0.3 is 10.6 Å². The summed E-state index contributed by atoms with van der Waals surface area (Å²) in [6.45, 7) is 5.48. The van der Waals surface area contributed by atoms with E-state index < -0.39 is 0 Å². The van der Waals surface area contributed by atoms with Crippen LogP contribution in [-0.4, -0.2) is 59.7 Å². The molecular weight excluding hydrogens is 354 g/mol. The first-order valence-electron chi connectivity index (χ1n) is 10.0. The predicted octanol–water partition coefficient (Wildman–Crippen LogP) is 3.41. The highest BCUT2D eigenvalue weighted by atomic mass is 32.1. The maximum atomic E-state index is 13.3. The molecule has 0 saturated carbocycles. The molecule has 0 aliphatic carbocycles. The lowest BCUT2D eigenvalue weighted by molar-refractivity contribution is 0.0450. The Kier molecular flexibility index (Phi) is 7.16. The maximum absolute atomic E-state index is 13.3. The summed E-state index contributed by atoms with van der Waals surface area (Å²) in [6, 6.07) is 14.6. The third kappa shape index (κ3) is 4.84. The molecule has 2 atom stereocenters. The van der Waals surface area contributed by atoms with Gasteiger partial charge in [0.15, 0.2) is 0 Å². The molecule has 4 nitrogen and oxygen atoms in total. The van der Waals surface area contributed by atoms with E-state index in [4.69, 9.17) is 5.73 Å². The van der Waals surface area contributed by atoms with Crippen molar-refractivity contribution in [3.63, 3.8) is 0 Å². The minimum Gasteiger partial charge on any atom is -0.336 e. The Hall–Kier alpha value is -1.56. The van der Waals surface area contributed by atoms with Gasteiger partial charge in [0.05, 0.1) is 0 Å². The Bertz CT molecular complexity index is 761. The van der Waals surface area contributed by atoms with E-state index in [1.165, 1.54) is 12.8 Å². The molecule has 27 heavy (non-hydrogen) atoms. The lowest BCUT2D eigenvalue weighted by atomic mass is 10.0. The second-order valence-corrected chi connectivity index (χ2v) is 7.88. The summed E-state index contributed by atoms with van der Waals surface area (Å²) >= 11 is 4.33. The molecule has 1 heterocycles. The van der Waals surface area contributed by atoms with Crippen molar-refractivity contribution in [3.8, 4) is 0 Å². The van der Waals surface area contributed by atoms with Crippen LogP contribution >= 0.6 is 12.6 Å². The number of unbranched alkanes of at least 4 members (excludes halogenated alkanes) is 1. The zero-order chi connectivity index (χ0) is 19.2. The van der Waals surface area contributed by atoms with Gasteiger partial charge in [-0.15, -0.1) is 0 Å². The predicted molar refractivity (Wildman–Crippen MR) is 117 cm³/mol. The van der Waals surface area contributed by atoms with Gasteiger partial charge >= 0.3 is 0 Å². The molecule has 1 aliphatic rings. The van der Waals surface area contributed by atoms with Crippen LogP contribution in [0.25, 0.3) is 10.8 Å². The molecule has 0 aromatic heterocycles. The van der Waals surface area contributed by atoms with Crippen LogP contribution in [0.2, 0.25) is 0 Å². The number of rotatable bonds is 7. The van der Waals surface area contributed by atoms with Gasteiger partial charge in [0, 0.05) is 49.6 Å². The van der Waals surface area contributed by atoms with E-state index in [1.807, 2.05) is 35.2 Å². The molecule has 0 radical (unpaired) electrons. The first kappa shape index (κ1) is 20.2. The molecule has 1 fully saturated rings. The summed E-state index contributed by atoms with van der Waals surface area (Å²) in [5.74, 6) is 0.835. The summed E-state index contributed by atoms with van der Waals surface area (Å²) in [4.78, 5) is 17.8. The molecule has 2 N–H and O–H groups in total. The third-order valence-corrected chi connectivity index (χ3v) is 5.98. The Morgan fingerprint density at radius 2 is 2.00 bits per heavy atom. The van der Waals surface area contributed by atoms with E-state index in [0.29, 0.717) is 11.8 Å². The molecular formula is C22H31N3OS. The largest absolute Gasteiger partial charge is 0.336 e. The highest BCUT2D eigenvalue weighted by Gasteiger charge is 2.30. The number of benzene rings is 2. The summed E-state index contributed by atoms with van der Waals surface area (Å²) < 4.78 is 0. The molecule has 0 bridgehead atoms. The second-order valence-electron chi connectivity index (χ2n) is 7.51. The molecule has 1 saturated heterocycles. The molecule has 0 spiro atoms. The lowest BCUT2D eigenvalue weighted by Gasteiger charge is -2.42. The van der Waals surface area contributed by atoms with Gasteiger partial charge in [-0.3, -0.25) is 9.69 Å². The first-order chi connectivity index (χ1) is 13.1. The fraction of sp³-hybridized carbons (Fsp3) is 0.500. The van der Waals surface area contributed by atoms with Crippen LogP contribution in [0.5, 0.6) is 0 Å². The Morgan fingerprint density at radius 1 is 1.22 bits per heavy atom. The molecule has 3 rings (SSSR count). The number of piperazine rings is 1. The third-order valence-electron chi connectivity index (χ3n) is 5.51. The normalized spacial score (nSPS) is 19.4. The van der Waals surface area contributed by atoms with Gasteiger partial charge in [0.2, 0.25) is 0 Å². The van der Waals surface area contributed by atoms with Crippen LogP contribution in [0.1, 0.15) is 36.5 Å². The average Bonchev–Trinajstić information content (AvgIpc) is 2.71.